The number of amides is 2. The average Bonchev–Trinajstić information content (AvgIpc) is 3.41. The molecule has 7 nitrogen and oxygen atoms in total. The summed E-state index contributed by atoms with van der Waals surface area (Å²) in [5, 5.41) is 9.69. The number of alkyl carbamates (subject to hydrolysis) is 1. The summed E-state index contributed by atoms with van der Waals surface area (Å²) in [6, 6.07) is 1.72. The first kappa shape index (κ1) is 17.8. The molecule has 1 aromatic rings. The summed E-state index contributed by atoms with van der Waals surface area (Å²) in [7, 11) is 0. The predicted octanol–water partition coefficient (Wildman–Crippen LogP) is 2.98. The van der Waals surface area contributed by atoms with Crippen molar-refractivity contribution in [1.29, 1.82) is 0 Å². The molecule has 0 saturated heterocycles. The second-order valence-corrected chi connectivity index (χ2v) is 8.39. The average molecular weight is 349 g/mol. The van der Waals surface area contributed by atoms with E-state index in [9.17, 15) is 9.59 Å². The van der Waals surface area contributed by atoms with Crippen molar-refractivity contribution in [3.63, 3.8) is 0 Å². The highest BCUT2D eigenvalue weighted by atomic mass is 16.6. The summed E-state index contributed by atoms with van der Waals surface area (Å²) in [6.45, 7) is 7.71. The molecule has 1 aromatic heterocycles. The van der Waals surface area contributed by atoms with Gasteiger partial charge in [0.15, 0.2) is 5.69 Å². The zero-order chi connectivity index (χ0) is 18.2. The van der Waals surface area contributed by atoms with E-state index in [1.165, 1.54) is 0 Å². The number of rotatable bonds is 6. The highest BCUT2D eigenvalue weighted by molar-refractivity contribution is 5.92. The molecule has 0 bridgehead atoms. The van der Waals surface area contributed by atoms with Gasteiger partial charge in [-0.3, -0.25) is 4.79 Å². The zero-order valence-corrected chi connectivity index (χ0v) is 15.3. The third-order valence-corrected chi connectivity index (χ3v) is 4.62. The van der Waals surface area contributed by atoms with Gasteiger partial charge in [-0.25, -0.2) is 4.79 Å². The molecule has 0 radical (unpaired) electrons. The number of nitrogens with one attached hydrogen (secondary N) is 2. The van der Waals surface area contributed by atoms with Gasteiger partial charge in [0.2, 0.25) is 0 Å². The van der Waals surface area contributed by atoms with E-state index in [0.29, 0.717) is 24.1 Å². The van der Waals surface area contributed by atoms with Crippen molar-refractivity contribution in [1.82, 2.24) is 15.8 Å². The second-order valence-electron chi connectivity index (χ2n) is 8.39. The molecule has 0 aromatic carbocycles. The minimum Gasteiger partial charge on any atom is -0.444 e. The van der Waals surface area contributed by atoms with Gasteiger partial charge in [-0.05, 0) is 59.3 Å². The van der Waals surface area contributed by atoms with Crippen LogP contribution >= 0.6 is 0 Å². The Morgan fingerprint density at radius 3 is 2.48 bits per heavy atom. The summed E-state index contributed by atoms with van der Waals surface area (Å²) in [5.41, 5.74) is -0.790. The van der Waals surface area contributed by atoms with Gasteiger partial charge in [-0.2, -0.15) is 0 Å². The predicted molar refractivity (Wildman–Crippen MR) is 91.3 cm³/mol. The molecular formula is C18H27N3O4. The van der Waals surface area contributed by atoms with Gasteiger partial charge >= 0.3 is 6.09 Å². The Kier molecular flexibility index (Phi) is 4.51. The molecule has 1 unspecified atom stereocenters. The lowest BCUT2D eigenvalue weighted by molar-refractivity contribution is 0.0502. The number of ether oxygens (including phenoxy) is 1. The van der Waals surface area contributed by atoms with Crippen LogP contribution in [0, 0.1) is 5.92 Å². The van der Waals surface area contributed by atoms with Crippen LogP contribution in [0.2, 0.25) is 0 Å². The van der Waals surface area contributed by atoms with Gasteiger partial charge in [-0.15, -0.1) is 0 Å². The van der Waals surface area contributed by atoms with Crippen molar-refractivity contribution in [2.45, 2.75) is 70.4 Å². The molecule has 1 atom stereocenters. The van der Waals surface area contributed by atoms with E-state index in [4.69, 9.17) is 9.26 Å². The summed E-state index contributed by atoms with van der Waals surface area (Å²) in [5.74, 6) is 1.26. The fourth-order valence-electron chi connectivity index (χ4n) is 2.86. The monoisotopic (exact) mass is 349 g/mol. The van der Waals surface area contributed by atoms with Crippen LogP contribution in [0.15, 0.2) is 10.6 Å². The third kappa shape index (κ3) is 4.74. The number of aromatic nitrogens is 1. The Morgan fingerprint density at radius 1 is 1.24 bits per heavy atom. The molecule has 0 aliphatic heterocycles. The van der Waals surface area contributed by atoms with Gasteiger partial charge in [0.05, 0.1) is 5.54 Å². The smallest absolute Gasteiger partial charge is 0.407 e. The largest absolute Gasteiger partial charge is 0.444 e. The van der Waals surface area contributed by atoms with Crippen LogP contribution in [0.3, 0.4) is 0 Å². The number of hydrogen-bond donors (Lipinski definition) is 2. The third-order valence-electron chi connectivity index (χ3n) is 4.62. The molecule has 7 heteroatoms. The Bertz CT molecular complexity index is 656. The summed E-state index contributed by atoms with van der Waals surface area (Å²) < 4.78 is 10.5. The van der Waals surface area contributed by atoms with E-state index in [-0.39, 0.29) is 5.91 Å². The fourth-order valence-corrected chi connectivity index (χ4v) is 2.86. The van der Waals surface area contributed by atoms with Gasteiger partial charge < -0.3 is 19.9 Å². The van der Waals surface area contributed by atoms with Crippen LogP contribution in [0.5, 0.6) is 0 Å². The molecule has 2 N–H and O–H groups in total. The standard InChI is InChI=1S/C18H27N3O4/c1-17(2,3)24-16(23)19-10-18(4,12-7-8-12)20-15(22)13-9-14(25-21-13)11-5-6-11/h9,11-12H,5-8,10H2,1-4H3,(H,19,23)(H,20,22). The number of carbonyl (C=O) groups is 2. The van der Waals surface area contributed by atoms with Crippen LogP contribution in [0.25, 0.3) is 0 Å². The maximum atomic E-state index is 12.5. The molecule has 2 aliphatic rings. The van der Waals surface area contributed by atoms with Crippen molar-refractivity contribution in [3.05, 3.63) is 17.5 Å². The summed E-state index contributed by atoms with van der Waals surface area (Å²) >= 11 is 0. The molecule has 1 heterocycles. The van der Waals surface area contributed by atoms with E-state index in [1.54, 1.807) is 6.07 Å². The normalized spacial score (nSPS) is 19.8. The van der Waals surface area contributed by atoms with E-state index in [0.717, 1.165) is 31.4 Å². The molecule has 0 spiro atoms. The van der Waals surface area contributed by atoms with Crippen molar-refractivity contribution >= 4 is 12.0 Å². The first-order chi connectivity index (χ1) is 11.7. The topological polar surface area (TPSA) is 93.5 Å². The molecule has 2 aliphatic carbocycles. The lowest BCUT2D eigenvalue weighted by Crippen LogP contribution is -2.55. The molecular weight excluding hydrogens is 322 g/mol. The fraction of sp³-hybridized carbons (Fsp3) is 0.722. The van der Waals surface area contributed by atoms with Crippen molar-refractivity contribution in [3.8, 4) is 0 Å². The van der Waals surface area contributed by atoms with Crippen LogP contribution in [0.4, 0.5) is 4.79 Å². The van der Waals surface area contributed by atoms with Gasteiger partial charge in [-0.1, -0.05) is 5.16 Å². The van der Waals surface area contributed by atoms with Crippen molar-refractivity contribution in [2.24, 2.45) is 5.92 Å². The SMILES string of the molecule is CC(C)(C)OC(=O)NCC(C)(NC(=O)c1cc(C2CC2)on1)C1CC1. The van der Waals surface area contributed by atoms with E-state index >= 15 is 0 Å². The summed E-state index contributed by atoms with van der Waals surface area (Å²) in [6.07, 6.45) is 3.76. The Morgan fingerprint density at radius 2 is 1.92 bits per heavy atom. The van der Waals surface area contributed by atoms with Crippen molar-refractivity contribution in [2.75, 3.05) is 6.54 Å². The van der Waals surface area contributed by atoms with Gasteiger partial charge in [0, 0.05) is 18.5 Å². The first-order valence-electron chi connectivity index (χ1n) is 8.92. The highest BCUT2D eigenvalue weighted by Crippen LogP contribution is 2.41. The number of carbonyl (C=O) groups excluding carboxylic acids is 2. The van der Waals surface area contributed by atoms with E-state index in [1.807, 2.05) is 27.7 Å². The Hall–Kier alpha value is -2.05. The lowest BCUT2D eigenvalue weighted by atomic mass is 9.95. The molecule has 2 amide bonds. The number of nitrogens with zero attached hydrogens (tertiary/aromatic N) is 1. The van der Waals surface area contributed by atoms with Gasteiger partial charge in [0.1, 0.15) is 11.4 Å². The van der Waals surface area contributed by atoms with Crippen LogP contribution < -0.4 is 10.6 Å². The van der Waals surface area contributed by atoms with Gasteiger partial charge in [0.25, 0.3) is 5.91 Å². The highest BCUT2D eigenvalue weighted by Gasteiger charge is 2.43. The lowest BCUT2D eigenvalue weighted by Gasteiger charge is -2.31. The molecule has 3 rings (SSSR count). The molecule has 138 valence electrons. The molecule has 2 fully saturated rings. The Balaban J connectivity index is 1.59. The Labute approximate surface area is 147 Å². The maximum absolute atomic E-state index is 12.5. The zero-order valence-electron chi connectivity index (χ0n) is 15.3. The van der Waals surface area contributed by atoms with Crippen LogP contribution in [-0.2, 0) is 4.74 Å². The van der Waals surface area contributed by atoms with Crippen molar-refractivity contribution < 1.29 is 18.8 Å². The first-order valence-corrected chi connectivity index (χ1v) is 8.92. The van der Waals surface area contributed by atoms with E-state index in [2.05, 4.69) is 15.8 Å². The quantitative estimate of drug-likeness (QED) is 0.823. The minimum absolute atomic E-state index is 0.268. The van der Waals surface area contributed by atoms with E-state index < -0.39 is 17.2 Å². The molecule has 25 heavy (non-hydrogen) atoms. The van der Waals surface area contributed by atoms with Crippen LogP contribution in [0.1, 0.15) is 75.5 Å². The maximum Gasteiger partial charge on any atom is 0.407 e. The van der Waals surface area contributed by atoms with Crippen LogP contribution in [-0.4, -0.2) is 34.8 Å². The number of hydrogen-bond acceptors (Lipinski definition) is 5. The second kappa shape index (κ2) is 6.35. The summed E-state index contributed by atoms with van der Waals surface area (Å²) in [4.78, 5) is 24.5. The minimum atomic E-state index is -0.552. The molecule has 2 saturated carbocycles.